The van der Waals surface area contributed by atoms with Crippen molar-refractivity contribution in [3.05, 3.63) is 0 Å². The molecule has 16 heavy (non-hydrogen) atoms. The molecule has 1 aliphatic heterocycles. The molecule has 1 heterocycles. The molecular weight excluding hydrogens is 198 g/mol. The van der Waals surface area contributed by atoms with E-state index in [2.05, 4.69) is 25.7 Å². The summed E-state index contributed by atoms with van der Waals surface area (Å²) in [6.07, 6.45) is 5.36. The second-order valence-corrected chi connectivity index (χ2v) is 6.40. The molecule has 0 aromatic carbocycles. The van der Waals surface area contributed by atoms with Gasteiger partial charge in [-0.05, 0) is 50.1 Å². The highest BCUT2D eigenvalue weighted by molar-refractivity contribution is 4.76. The van der Waals surface area contributed by atoms with Crippen LogP contribution in [0.2, 0.25) is 0 Å². The fraction of sp³-hybridized carbons (Fsp3) is 1.00. The van der Waals surface area contributed by atoms with Crippen molar-refractivity contribution in [1.29, 1.82) is 0 Å². The van der Waals surface area contributed by atoms with Gasteiger partial charge in [-0.15, -0.1) is 0 Å². The van der Waals surface area contributed by atoms with Crippen LogP contribution in [0.1, 0.15) is 46.5 Å². The van der Waals surface area contributed by atoms with Crippen LogP contribution < -0.4 is 0 Å². The number of rotatable bonds is 5. The van der Waals surface area contributed by atoms with E-state index in [4.69, 9.17) is 4.74 Å². The van der Waals surface area contributed by atoms with Gasteiger partial charge in [0.1, 0.15) is 0 Å². The summed E-state index contributed by atoms with van der Waals surface area (Å²) in [6.45, 7) is 11.8. The molecule has 1 fully saturated rings. The molecule has 0 N–H and O–H groups in total. The summed E-state index contributed by atoms with van der Waals surface area (Å²) in [5.74, 6) is 0.957. The van der Waals surface area contributed by atoms with E-state index in [1.807, 2.05) is 0 Å². The Labute approximate surface area is 101 Å². The zero-order valence-electron chi connectivity index (χ0n) is 11.6. The Morgan fingerprint density at radius 2 is 1.81 bits per heavy atom. The van der Waals surface area contributed by atoms with E-state index in [0.29, 0.717) is 5.41 Å². The highest BCUT2D eigenvalue weighted by atomic mass is 16.5. The fourth-order valence-corrected chi connectivity index (χ4v) is 2.71. The van der Waals surface area contributed by atoms with E-state index in [-0.39, 0.29) is 0 Å². The average molecular weight is 227 g/mol. The average Bonchev–Trinajstić information content (AvgIpc) is 2.19. The van der Waals surface area contributed by atoms with Crippen molar-refractivity contribution < 1.29 is 4.74 Å². The smallest absolute Gasteiger partial charge is 0.0474 e. The standard InChI is InChI=1S/C14H29NO/c1-14(2,3)12-13-6-9-15(10-7-13)8-5-11-16-4/h13H,5-12H2,1-4H3. The van der Waals surface area contributed by atoms with Gasteiger partial charge in [0.2, 0.25) is 0 Å². The predicted octanol–water partition coefficient (Wildman–Crippen LogP) is 3.17. The molecule has 2 heteroatoms. The Kier molecular flexibility index (Phi) is 5.77. The zero-order valence-corrected chi connectivity index (χ0v) is 11.6. The van der Waals surface area contributed by atoms with Crippen LogP contribution in [0.15, 0.2) is 0 Å². The van der Waals surface area contributed by atoms with Gasteiger partial charge in [-0.1, -0.05) is 20.8 Å². The molecule has 0 radical (unpaired) electrons. The molecule has 1 rings (SSSR count). The molecular formula is C14H29NO. The highest BCUT2D eigenvalue weighted by Gasteiger charge is 2.23. The minimum absolute atomic E-state index is 0.503. The topological polar surface area (TPSA) is 12.5 Å². The lowest BCUT2D eigenvalue weighted by Gasteiger charge is -2.34. The number of ether oxygens (including phenoxy) is 1. The molecule has 0 aromatic heterocycles. The summed E-state index contributed by atoms with van der Waals surface area (Å²) < 4.78 is 5.09. The molecule has 1 aliphatic rings. The predicted molar refractivity (Wildman–Crippen MR) is 69.7 cm³/mol. The van der Waals surface area contributed by atoms with E-state index in [1.54, 1.807) is 7.11 Å². The van der Waals surface area contributed by atoms with Crippen LogP contribution in [0.25, 0.3) is 0 Å². The first-order valence-corrected chi connectivity index (χ1v) is 6.72. The third kappa shape index (κ3) is 5.86. The number of hydrogen-bond acceptors (Lipinski definition) is 2. The van der Waals surface area contributed by atoms with Gasteiger partial charge in [0.05, 0.1) is 0 Å². The largest absolute Gasteiger partial charge is 0.385 e. The molecule has 0 atom stereocenters. The number of hydrogen-bond donors (Lipinski definition) is 0. The van der Waals surface area contributed by atoms with Gasteiger partial charge < -0.3 is 9.64 Å². The van der Waals surface area contributed by atoms with E-state index in [1.165, 1.54) is 45.3 Å². The fourth-order valence-electron chi connectivity index (χ4n) is 2.71. The van der Waals surface area contributed by atoms with Crippen molar-refractivity contribution in [3.8, 4) is 0 Å². The summed E-state index contributed by atoms with van der Waals surface area (Å²) in [6, 6.07) is 0. The first-order chi connectivity index (χ1) is 7.51. The minimum atomic E-state index is 0.503. The quantitative estimate of drug-likeness (QED) is 0.669. The SMILES string of the molecule is COCCCN1CCC(CC(C)(C)C)CC1. The molecule has 0 saturated carbocycles. The zero-order chi connectivity index (χ0) is 12.0. The molecule has 1 saturated heterocycles. The lowest BCUT2D eigenvalue weighted by Crippen LogP contribution is -2.35. The van der Waals surface area contributed by atoms with Gasteiger partial charge in [0.25, 0.3) is 0 Å². The van der Waals surface area contributed by atoms with Crippen molar-refractivity contribution in [3.63, 3.8) is 0 Å². The van der Waals surface area contributed by atoms with Gasteiger partial charge in [-0.2, -0.15) is 0 Å². The molecule has 0 unspecified atom stereocenters. The maximum atomic E-state index is 5.09. The van der Waals surface area contributed by atoms with Gasteiger partial charge in [-0.3, -0.25) is 0 Å². The first kappa shape index (κ1) is 14.0. The molecule has 0 aromatic rings. The summed E-state index contributed by atoms with van der Waals surface area (Å²) in [5.41, 5.74) is 0.503. The second-order valence-electron chi connectivity index (χ2n) is 6.40. The van der Waals surface area contributed by atoms with E-state index < -0.39 is 0 Å². The monoisotopic (exact) mass is 227 g/mol. The van der Waals surface area contributed by atoms with Gasteiger partial charge >= 0.3 is 0 Å². The number of methoxy groups -OCH3 is 1. The third-order valence-corrected chi connectivity index (χ3v) is 3.43. The maximum Gasteiger partial charge on any atom is 0.0474 e. The minimum Gasteiger partial charge on any atom is -0.385 e. The van der Waals surface area contributed by atoms with E-state index >= 15 is 0 Å². The number of piperidine rings is 1. The van der Waals surface area contributed by atoms with Crippen LogP contribution in [0.5, 0.6) is 0 Å². The Hall–Kier alpha value is -0.0800. The Morgan fingerprint density at radius 1 is 1.19 bits per heavy atom. The summed E-state index contributed by atoms with van der Waals surface area (Å²) in [7, 11) is 1.79. The summed E-state index contributed by atoms with van der Waals surface area (Å²) in [5, 5.41) is 0. The van der Waals surface area contributed by atoms with Crippen LogP contribution in [0.3, 0.4) is 0 Å². The third-order valence-electron chi connectivity index (χ3n) is 3.43. The van der Waals surface area contributed by atoms with Crippen molar-refractivity contribution in [2.75, 3.05) is 33.4 Å². The van der Waals surface area contributed by atoms with Crippen LogP contribution in [0, 0.1) is 11.3 Å². The maximum absolute atomic E-state index is 5.09. The van der Waals surface area contributed by atoms with Crippen LogP contribution in [-0.4, -0.2) is 38.3 Å². The summed E-state index contributed by atoms with van der Waals surface area (Å²) in [4.78, 5) is 2.60. The van der Waals surface area contributed by atoms with Gasteiger partial charge in [0, 0.05) is 20.3 Å². The molecule has 0 bridgehead atoms. The Bertz CT molecular complexity index is 178. The molecule has 96 valence electrons. The lowest BCUT2D eigenvalue weighted by molar-refractivity contribution is 0.131. The Balaban J connectivity index is 2.13. The van der Waals surface area contributed by atoms with Crippen molar-refractivity contribution >= 4 is 0 Å². The summed E-state index contributed by atoms with van der Waals surface area (Å²) >= 11 is 0. The molecule has 0 aliphatic carbocycles. The first-order valence-electron chi connectivity index (χ1n) is 6.72. The normalized spacial score (nSPS) is 20.2. The van der Waals surface area contributed by atoms with E-state index in [9.17, 15) is 0 Å². The van der Waals surface area contributed by atoms with Crippen LogP contribution in [0.4, 0.5) is 0 Å². The van der Waals surface area contributed by atoms with Crippen molar-refractivity contribution in [2.45, 2.75) is 46.5 Å². The lowest BCUT2D eigenvalue weighted by atomic mass is 9.80. The van der Waals surface area contributed by atoms with Gasteiger partial charge in [-0.25, -0.2) is 0 Å². The van der Waals surface area contributed by atoms with Gasteiger partial charge in [0.15, 0.2) is 0 Å². The molecule has 0 amide bonds. The van der Waals surface area contributed by atoms with Crippen molar-refractivity contribution in [2.24, 2.45) is 11.3 Å². The second kappa shape index (κ2) is 6.61. The molecule has 2 nitrogen and oxygen atoms in total. The Morgan fingerprint density at radius 3 is 2.31 bits per heavy atom. The number of likely N-dealkylation sites (tertiary alicyclic amines) is 1. The molecule has 0 spiro atoms. The van der Waals surface area contributed by atoms with Crippen LogP contribution >= 0.6 is 0 Å². The van der Waals surface area contributed by atoms with Crippen molar-refractivity contribution in [1.82, 2.24) is 4.90 Å². The van der Waals surface area contributed by atoms with E-state index in [0.717, 1.165) is 12.5 Å². The number of nitrogens with zero attached hydrogens (tertiary/aromatic N) is 1. The van der Waals surface area contributed by atoms with Crippen LogP contribution in [-0.2, 0) is 4.74 Å². The highest BCUT2D eigenvalue weighted by Crippen LogP contribution is 2.30.